The van der Waals surface area contributed by atoms with Crippen molar-refractivity contribution in [3.63, 3.8) is 0 Å². The van der Waals surface area contributed by atoms with Gasteiger partial charge in [-0.25, -0.2) is 0 Å². The second-order valence-electron chi connectivity index (χ2n) is 7.10. The molecule has 2 atom stereocenters. The fraction of sp³-hybridized carbons (Fsp3) is 0.500. The van der Waals surface area contributed by atoms with Crippen LogP contribution in [-0.4, -0.2) is 24.5 Å². The molecule has 0 aliphatic heterocycles. The van der Waals surface area contributed by atoms with Crippen molar-refractivity contribution < 1.29 is 19.1 Å². The lowest BCUT2D eigenvalue weighted by molar-refractivity contribution is -0.144. The van der Waals surface area contributed by atoms with E-state index in [-0.39, 0.29) is 5.78 Å². The molecule has 1 fully saturated rings. The van der Waals surface area contributed by atoms with Gasteiger partial charge in [0.1, 0.15) is 11.5 Å². The van der Waals surface area contributed by atoms with Crippen LogP contribution in [0.5, 0.6) is 5.75 Å². The van der Waals surface area contributed by atoms with E-state index in [0.29, 0.717) is 24.2 Å². The number of rotatable bonds is 1. The predicted molar refractivity (Wildman–Crippen MR) is 81.2 cm³/mol. The second-order valence-corrected chi connectivity index (χ2v) is 7.10. The molecule has 2 aliphatic carbocycles. The summed E-state index contributed by atoms with van der Waals surface area (Å²) in [6.45, 7) is 5.57. The quantitative estimate of drug-likeness (QED) is 0.748. The van der Waals surface area contributed by atoms with Crippen LogP contribution in [0.1, 0.15) is 49.5 Å². The third-order valence-corrected chi connectivity index (χ3v) is 5.52. The van der Waals surface area contributed by atoms with Gasteiger partial charge in [-0.15, -0.1) is 0 Å². The summed E-state index contributed by atoms with van der Waals surface area (Å²) in [6.07, 6.45) is 1.01. The number of ether oxygens (including phenoxy) is 1. The maximum atomic E-state index is 12.7. The van der Waals surface area contributed by atoms with Gasteiger partial charge in [0, 0.05) is 28.7 Å². The molecule has 0 saturated heterocycles. The second kappa shape index (κ2) is 4.51. The Bertz CT molecular complexity index is 701. The van der Waals surface area contributed by atoms with Crippen LogP contribution in [0.4, 0.5) is 0 Å². The number of carbonyl (C=O) groups is 3. The Hall–Kier alpha value is -1.97. The van der Waals surface area contributed by atoms with Gasteiger partial charge in [-0.2, -0.15) is 0 Å². The first kappa shape index (κ1) is 14.9. The minimum absolute atomic E-state index is 0.0578. The van der Waals surface area contributed by atoms with Gasteiger partial charge in [0.25, 0.3) is 0 Å². The molecule has 1 aromatic rings. The molecule has 0 amide bonds. The highest BCUT2D eigenvalue weighted by Gasteiger charge is 2.59. The molecular formula is C18H20O4. The summed E-state index contributed by atoms with van der Waals surface area (Å²) in [5.41, 5.74) is -0.0380. The molecule has 0 heterocycles. The fourth-order valence-electron chi connectivity index (χ4n) is 4.29. The van der Waals surface area contributed by atoms with E-state index in [1.807, 2.05) is 13.0 Å². The van der Waals surface area contributed by atoms with Gasteiger partial charge < -0.3 is 4.74 Å². The Morgan fingerprint density at radius 1 is 1.14 bits per heavy atom. The Labute approximate surface area is 129 Å². The normalized spacial score (nSPS) is 29.8. The highest BCUT2D eigenvalue weighted by molar-refractivity contribution is 6.46. The molecule has 1 aromatic carbocycles. The number of carbonyl (C=O) groups excluding carboxylic acids is 3. The van der Waals surface area contributed by atoms with Crippen molar-refractivity contribution in [2.75, 3.05) is 7.11 Å². The maximum Gasteiger partial charge on any atom is 0.229 e. The Morgan fingerprint density at radius 2 is 1.82 bits per heavy atom. The SMILES string of the molecule is COc1ccc2c(c1)C1(C)CCC(=O)C(C)(C)C1C(=O)C2=O. The lowest BCUT2D eigenvalue weighted by Crippen LogP contribution is -2.57. The summed E-state index contributed by atoms with van der Waals surface area (Å²) in [4.78, 5) is 37.5. The van der Waals surface area contributed by atoms with Crippen LogP contribution in [0.3, 0.4) is 0 Å². The summed E-state index contributed by atoms with van der Waals surface area (Å²) in [6, 6.07) is 5.21. The molecular weight excluding hydrogens is 280 g/mol. The molecule has 0 radical (unpaired) electrons. The summed E-state index contributed by atoms with van der Waals surface area (Å²) in [5, 5.41) is 0. The van der Waals surface area contributed by atoms with Crippen LogP contribution in [-0.2, 0) is 15.0 Å². The molecule has 1 saturated carbocycles. The fourth-order valence-corrected chi connectivity index (χ4v) is 4.29. The van der Waals surface area contributed by atoms with Crippen LogP contribution in [0, 0.1) is 11.3 Å². The number of hydrogen-bond acceptors (Lipinski definition) is 4. The van der Waals surface area contributed by atoms with Gasteiger partial charge in [0.05, 0.1) is 7.11 Å². The van der Waals surface area contributed by atoms with Crippen LogP contribution in [0.25, 0.3) is 0 Å². The zero-order valence-corrected chi connectivity index (χ0v) is 13.4. The summed E-state index contributed by atoms with van der Waals surface area (Å²) in [7, 11) is 1.58. The third kappa shape index (κ3) is 1.73. The predicted octanol–water partition coefficient (Wildman–Crippen LogP) is 2.72. The number of benzene rings is 1. The first-order chi connectivity index (χ1) is 10.2. The number of ketones is 3. The summed E-state index contributed by atoms with van der Waals surface area (Å²) >= 11 is 0. The minimum Gasteiger partial charge on any atom is -0.497 e. The van der Waals surface area contributed by atoms with Gasteiger partial charge in [-0.3, -0.25) is 14.4 Å². The van der Waals surface area contributed by atoms with Crippen LogP contribution in [0.15, 0.2) is 18.2 Å². The monoisotopic (exact) mass is 300 g/mol. The Kier molecular flexibility index (Phi) is 3.06. The van der Waals surface area contributed by atoms with E-state index >= 15 is 0 Å². The Balaban J connectivity index is 2.28. The molecule has 0 bridgehead atoms. The van der Waals surface area contributed by atoms with Crippen LogP contribution >= 0.6 is 0 Å². The molecule has 3 rings (SSSR count). The molecule has 2 aliphatic rings. The minimum atomic E-state index is -0.819. The first-order valence-corrected chi connectivity index (χ1v) is 7.54. The molecule has 0 N–H and O–H groups in total. The number of hydrogen-bond donors (Lipinski definition) is 0. The zero-order chi connectivity index (χ0) is 16.3. The largest absolute Gasteiger partial charge is 0.497 e. The number of Topliss-reactive ketones (excluding diaryl/α,β-unsaturated/α-hetero) is 3. The van der Waals surface area contributed by atoms with Crippen molar-refractivity contribution in [1.82, 2.24) is 0 Å². The van der Waals surface area contributed by atoms with Crippen molar-refractivity contribution in [1.29, 1.82) is 0 Å². The van der Waals surface area contributed by atoms with Gasteiger partial charge in [-0.1, -0.05) is 20.8 Å². The average molecular weight is 300 g/mol. The standard InChI is InChI=1S/C18H20O4/c1-17(2)13(19)7-8-18(3)12-9-10(22-4)5-6-11(12)14(20)15(21)16(17)18/h5-6,9,16H,7-8H2,1-4H3. The molecule has 0 spiro atoms. The number of fused-ring (bicyclic) bond motifs is 3. The van der Waals surface area contributed by atoms with E-state index < -0.39 is 28.3 Å². The Morgan fingerprint density at radius 3 is 2.45 bits per heavy atom. The van der Waals surface area contributed by atoms with E-state index in [9.17, 15) is 14.4 Å². The summed E-state index contributed by atoms with van der Waals surface area (Å²) in [5.74, 6) is -0.799. The summed E-state index contributed by atoms with van der Waals surface area (Å²) < 4.78 is 5.28. The lowest BCUT2D eigenvalue weighted by atomic mass is 9.49. The van der Waals surface area contributed by atoms with Crippen LogP contribution in [0.2, 0.25) is 0 Å². The highest BCUT2D eigenvalue weighted by atomic mass is 16.5. The van der Waals surface area contributed by atoms with Crippen molar-refractivity contribution in [3.05, 3.63) is 29.3 Å². The van der Waals surface area contributed by atoms with E-state index in [1.54, 1.807) is 33.1 Å². The van der Waals surface area contributed by atoms with Gasteiger partial charge >= 0.3 is 0 Å². The van der Waals surface area contributed by atoms with E-state index in [0.717, 1.165) is 5.56 Å². The van der Waals surface area contributed by atoms with Crippen molar-refractivity contribution in [3.8, 4) is 5.75 Å². The van der Waals surface area contributed by atoms with Gasteiger partial charge in [0.15, 0.2) is 0 Å². The average Bonchev–Trinajstić information content (AvgIpc) is 2.48. The van der Waals surface area contributed by atoms with Crippen molar-refractivity contribution >= 4 is 17.3 Å². The number of methoxy groups -OCH3 is 1. The van der Waals surface area contributed by atoms with Crippen LogP contribution < -0.4 is 4.74 Å². The van der Waals surface area contributed by atoms with Crippen molar-refractivity contribution in [2.45, 2.75) is 39.0 Å². The van der Waals surface area contributed by atoms with E-state index in [2.05, 4.69) is 0 Å². The molecule has 116 valence electrons. The maximum absolute atomic E-state index is 12.7. The van der Waals surface area contributed by atoms with E-state index in [1.165, 1.54) is 0 Å². The van der Waals surface area contributed by atoms with Gasteiger partial charge in [-0.05, 0) is 30.2 Å². The zero-order valence-electron chi connectivity index (χ0n) is 13.4. The lowest BCUT2D eigenvalue weighted by Gasteiger charge is -2.51. The molecule has 0 aromatic heterocycles. The molecule has 2 unspecified atom stereocenters. The smallest absolute Gasteiger partial charge is 0.229 e. The van der Waals surface area contributed by atoms with E-state index in [4.69, 9.17) is 4.74 Å². The topological polar surface area (TPSA) is 60.4 Å². The van der Waals surface area contributed by atoms with Gasteiger partial charge in [0.2, 0.25) is 11.6 Å². The molecule has 4 heteroatoms. The highest BCUT2D eigenvalue weighted by Crippen LogP contribution is 2.54. The third-order valence-electron chi connectivity index (χ3n) is 5.52. The molecule has 4 nitrogen and oxygen atoms in total. The van der Waals surface area contributed by atoms with Crippen molar-refractivity contribution in [2.24, 2.45) is 11.3 Å². The first-order valence-electron chi connectivity index (χ1n) is 7.54. The molecule has 22 heavy (non-hydrogen) atoms.